The lowest BCUT2D eigenvalue weighted by molar-refractivity contribution is -0.384. The molecule has 2 aromatic rings. The number of nitro groups is 1. The maximum atomic E-state index is 11.7. The molecule has 0 atom stereocenters. The number of amidine groups is 1. The van der Waals surface area contributed by atoms with E-state index < -0.39 is 10.9 Å². The number of nitrogens with two attached hydrogens (primary N) is 1. The molecule has 0 aliphatic heterocycles. The highest BCUT2D eigenvalue weighted by Gasteiger charge is 2.09. The summed E-state index contributed by atoms with van der Waals surface area (Å²) in [5.41, 5.74) is 7.53. The predicted molar refractivity (Wildman–Crippen MR) is 104 cm³/mol. The third-order valence-corrected chi connectivity index (χ3v) is 4.17. The zero-order valence-electron chi connectivity index (χ0n) is 14.6. The lowest BCUT2D eigenvalue weighted by atomic mass is 10.1. The molecule has 0 fully saturated rings. The average Bonchev–Trinajstić information content (AvgIpc) is 2.65. The van der Waals surface area contributed by atoms with Gasteiger partial charge in [-0.1, -0.05) is 30.3 Å². The largest absolute Gasteiger partial charge is 0.481 e. The molecule has 9 heteroatoms. The van der Waals surface area contributed by atoms with Crippen molar-refractivity contribution in [2.24, 2.45) is 10.9 Å². The number of benzene rings is 2. The topological polar surface area (TPSA) is 117 Å². The Balaban J connectivity index is 1.83. The first-order chi connectivity index (χ1) is 12.9. The molecule has 0 spiro atoms. The second-order valence-electron chi connectivity index (χ2n) is 5.55. The maximum Gasteiger partial charge on any atom is 0.372 e. The Morgan fingerprint density at radius 3 is 2.48 bits per heavy atom. The van der Waals surface area contributed by atoms with Gasteiger partial charge in [-0.2, -0.15) is 0 Å². The summed E-state index contributed by atoms with van der Waals surface area (Å²) in [5.74, 6) is -0.120. The van der Waals surface area contributed by atoms with Gasteiger partial charge in [-0.05, 0) is 45.6 Å². The Morgan fingerprint density at radius 2 is 1.89 bits per heavy atom. The number of carbonyl (C=O) groups is 1. The number of nitro benzene ring substituents is 1. The van der Waals surface area contributed by atoms with Crippen LogP contribution in [0.3, 0.4) is 0 Å². The molecule has 0 aliphatic rings. The number of halogens is 1. The van der Waals surface area contributed by atoms with Crippen LogP contribution in [0.25, 0.3) is 0 Å². The van der Waals surface area contributed by atoms with E-state index in [1.165, 1.54) is 12.1 Å². The summed E-state index contributed by atoms with van der Waals surface area (Å²) >= 11 is 3.38. The van der Waals surface area contributed by atoms with E-state index in [9.17, 15) is 14.9 Å². The Morgan fingerprint density at radius 1 is 1.22 bits per heavy atom. The van der Waals surface area contributed by atoms with Gasteiger partial charge >= 0.3 is 5.97 Å². The summed E-state index contributed by atoms with van der Waals surface area (Å²) in [6.07, 6.45) is 1.08. The van der Waals surface area contributed by atoms with Crippen molar-refractivity contribution >= 4 is 33.4 Å². The van der Waals surface area contributed by atoms with Crippen molar-refractivity contribution in [2.75, 3.05) is 6.61 Å². The van der Waals surface area contributed by atoms with Crippen molar-refractivity contribution in [3.63, 3.8) is 0 Å². The highest BCUT2D eigenvalue weighted by atomic mass is 79.9. The van der Waals surface area contributed by atoms with Gasteiger partial charge in [0, 0.05) is 18.6 Å². The summed E-state index contributed by atoms with van der Waals surface area (Å²) < 4.78 is 6.14. The van der Waals surface area contributed by atoms with E-state index in [0.29, 0.717) is 11.3 Å². The molecule has 0 radical (unpaired) electrons. The fourth-order valence-corrected chi connectivity index (χ4v) is 2.67. The van der Waals surface area contributed by atoms with Crippen LogP contribution < -0.4 is 10.5 Å². The summed E-state index contributed by atoms with van der Waals surface area (Å²) in [6.45, 7) is 1.72. The molecule has 0 aromatic heterocycles. The van der Waals surface area contributed by atoms with Crippen molar-refractivity contribution in [1.82, 2.24) is 0 Å². The fourth-order valence-electron chi connectivity index (χ4n) is 2.13. The van der Waals surface area contributed by atoms with Gasteiger partial charge in [0.15, 0.2) is 6.61 Å². The molecule has 0 amide bonds. The molecular formula is C18H18BrN3O5. The normalized spacial score (nSPS) is 11.1. The fraction of sp³-hybridized carbons (Fsp3) is 0.222. The molecular weight excluding hydrogens is 418 g/mol. The van der Waals surface area contributed by atoms with E-state index in [2.05, 4.69) is 21.1 Å². The number of aryl methyl sites for hydroxylation is 1. The molecule has 2 rings (SSSR count). The van der Waals surface area contributed by atoms with Gasteiger partial charge in [-0.25, -0.2) is 4.79 Å². The first-order valence-electron chi connectivity index (χ1n) is 8.05. The van der Waals surface area contributed by atoms with Crippen LogP contribution in [-0.4, -0.2) is 23.3 Å². The molecule has 8 nitrogen and oxygen atoms in total. The van der Waals surface area contributed by atoms with Crippen LogP contribution in [0.15, 0.2) is 52.1 Å². The lowest BCUT2D eigenvalue weighted by Crippen LogP contribution is -2.19. The van der Waals surface area contributed by atoms with E-state index in [-0.39, 0.29) is 24.6 Å². The van der Waals surface area contributed by atoms with Gasteiger partial charge in [0.1, 0.15) is 11.6 Å². The van der Waals surface area contributed by atoms with Crippen LogP contribution in [-0.2, 0) is 22.5 Å². The number of ether oxygens (including phenoxy) is 1. The van der Waals surface area contributed by atoms with Gasteiger partial charge in [0.2, 0.25) is 0 Å². The van der Waals surface area contributed by atoms with Crippen LogP contribution >= 0.6 is 15.9 Å². The van der Waals surface area contributed by atoms with Gasteiger partial charge in [-0.3, -0.25) is 10.1 Å². The first-order valence-corrected chi connectivity index (χ1v) is 8.85. The number of non-ortho nitro benzene ring substituents is 1. The lowest BCUT2D eigenvalue weighted by Gasteiger charge is -2.08. The van der Waals surface area contributed by atoms with E-state index in [1.54, 1.807) is 18.2 Å². The quantitative estimate of drug-likeness (QED) is 0.223. The van der Waals surface area contributed by atoms with Crippen LogP contribution in [0.1, 0.15) is 18.1 Å². The Hall–Kier alpha value is -2.94. The minimum atomic E-state index is -0.701. The molecule has 2 aromatic carbocycles. The van der Waals surface area contributed by atoms with Crippen LogP contribution in [0.5, 0.6) is 5.75 Å². The molecule has 0 bridgehead atoms. The standard InChI is InChI=1S/C18H18BrN3O5/c1-2-12-5-8-16(15(19)9-12)26-11-18(23)27-21-17(20)10-13-3-6-14(7-4-13)22(24)25/h3-9H,2,10-11H2,1H3,(H2,20,21). The molecule has 0 saturated carbocycles. The minimum absolute atomic E-state index is 0.0176. The molecule has 0 saturated heterocycles. The highest BCUT2D eigenvalue weighted by molar-refractivity contribution is 9.10. The summed E-state index contributed by atoms with van der Waals surface area (Å²) in [7, 11) is 0. The molecule has 0 aliphatic carbocycles. The Kier molecular flexibility index (Phi) is 7.30. The highest BCUT2D eigenvalue weighted by Crippen LogP contribution is 2.26. The predicted octanol–water partition coefficient (Wildman–Crippen LogP) is 3.36. The minimum Gasteiger partial charge on any atom is -0.481 e. The van der Waals surface area contributed by atoms with Crippen molar-refractivity contribution in [2.45, 2.75) is 19.8 Å². The monoisotopic (exact) mass is 435 g/mol. The first kappa shape index (κ1) is 20.4. The number of hydrogen-bond acceptors (Lipinski definition) is 6. The van der Waals surface area contributed by atoms with Crippen molar-refractivity contribution in [1.29, 1.82) is 0 Å². The second kappa shape index (κ2) is 9.67. The molecule has 142 valence electrons. The SMILES string of the molecule is CCc1ccc(OCC(=O)ON=C(N)Cc2ccc([N+](=O)[O-])cc2)c(Br)c1. The Bertz CT molecular complexity index is 853. The average molecular weight is 436 g/mol. The molecule has 0 heterocycles. The number of nitrogens with zero attached hydrogens (tertiary/aromatic N) is 2. The second-order valence-corrected chi connectivity index (χ2v) is 6.41. The number of rotatable bonds is 8. The smallest absolute Gasteiger partial charge is 0.372 e. The number of hydrogen-bond donors (Lipinski definition) is 1. The van der Waals surface area contributed by atoms with E-state index in [4.69, 9.17) is 15.3 Å². The molecule has 27 heavy (non-hydrogen) atoms. The summed E-state index contributed by atoms with van der Waals surface area (Å²) in [4.78, 5) is 26.6. The van der Waals surface area contributed by atoms with E-state index in [1.807, 2.05) is 19.1 Å². The van der Waals surface area contributed by atoms with Crippen LogP contribution in [0.4, 0.5) is 5.69 Å². The van der Waals surface area contributed by atoms with Crippen LogP contribution in [0.2, 0.25) is 0 Å². The third kappa shape index (κ3) is 6.37. The number of carbonyl (C=O) groups excluding carboxylic acids is 1. The van der Waals surface area contributed by atoms with Crippen molar-refractivity contribution < 1.29 is 19.3 Å². The Labute approximate surface area is 164 Å². The zero-order chi connectivity index (χ0) is 19.8. The van der Waals surface area contributed by atoms with Crippen molar-refractivity contribution in [3.8, 4) is 5.75 Å². The van der Waals surface area contributed by atoms with E-state index >= 15 is 0 Å². The summed E-state index contributed by atoms with van der Waals surface area (Å²) in [5, 5.41) is 14.2. The van der Waals surface area contributed by atoms with Crippen LogP contribution in [0, 0.1) is 10.1 Å². The van der Waals surface area contributed by atoms with E-state index in [0.717, 1.165) is 16.5 Å². The molecule has 0 unspecified atom stereocenters. The van der Waals surface area contributed by atoms with Gasteiger partial charge in [0.25, 0.3) is 5.69 Å². The summed E-state index contributed by atoms with van der Waals surface area (Å²) in [6, 6.07) is 11.4. The van der Waals surface area contributed by atoms with Gasteiger partial charge < -0.3 is 15.3 Å². The zero-order valence-corrected chi connectivity index (χ0v) is 16.1. The molecule has 2 N–H and O–H groups in total. The maximum absolute atomic E-state index is 11.7. The third-order valence-electron chi connectivity index (χ3n) is 3.55. The van der Waals surface area contributed by atoms with Gasteiger partial charge in [0.05, 0.1) is 9.40 Å². The van der Waals surface area contributed by atoms with Gasteiger partial charge in [-0.15, -0.1) is 0 Å². The number of oxime groups is 1. The van der Waals surface area contributed by atoms with Crippen molar-refractivity contribution in [3.05, 3.63) is 68.2 Å².